The van der Waals surface area contributed by atoms with Crippen molar-refractivity contribution in [2.45, 2.75) is 82.7 Å². The first-order valence-electron chi connectivity index (χ1n) is 12.3. The maximum Gasteiger partial charge on any atom is 0.246 e. The van der Waals surface area contributed by atoms with E-state index in [2.05, 4.69) is 10.6 Å². The molecular weight excluding hydrogens is 434 g/mol. The highest BCUT2D eigenvalue weighted by atomic mass is 16.5. The molecule has 3 aliphatic heterocycles. The van der Waals surface area contributed by atoms with Crippen LogP contribution in [0.1, 0.15) is 58.9 Å². The first-order chi connectivity index (χ1) is 16.0. The zero-order valence-electron chi connectivity index (χ0n) is 20.6. The summed E-state index contributed by atoms with van der Waals surface area (Å²) in [6.45, 7) is 8.35. The number of aliphatic hydroxyl groups is 1. The number of carbonyl (C=O) groups excluding carboxylic acids is 3. The molecule has 2 bridgehead atoms. The Bertz CT molecular complexity index is 946. The van der Waals surface area contributed by atoms with Crippen molar-refractivity contribution in [2.24, 2.45) is 11.8 Å². The van der Waals surface area contributed by atoms with E-state index in [4.69, 9.17) is 4.74 Å². The molecule has 1 spiro atoms. The number of amides is 3. The number of nitrogens with one attached hydrogen (secondary N) is 2. The van der Waals surface area contributed by atoms with Crippen LogP contribution in [-0.4, -0.2) is 63.7 Å². The fourth-order valence-corrected chi connectivity index (χ4v) is 6.09. The van der Waals surface area contributed by atoms with Crippen LogP contribution in [0.25, 0.3) is 0 Å². The molecule has 3 fully saturated rings. The third kappa shape index (κ3) is 4.22. The number of unbranched alkanes of at least 4 members (excludes halogenated alkanes) is 1. The largest absolute Gasteiger partial charge is 0.396 e. The number of rotatable bonds is 8. The van der Waals surface area contributed by atoms with Crippen molar-refractivity contribution < 1.29 is 24.2 Å². The average Bonchev–Trinajstić information content (AvgIpc) is 3.33. The van der Waals surface area contributed by atoms with E-state index in [9.17, 15) is 19.5 Å². The van der Waals surface area contributed by atoms with Gasteiger partial charge in [0.2, 0.25) is 17.7 Å². The van der Waals surface area contributed by atoms with Crippen LogP contribution in [0.2, 0.25) is 0 Å². The molecular formula is C26H37N3O5. The molecule has 5 atom stereocenters. The van der Waals surface area contributed by atoms with Crippen LogP contribution in [0.5, 0.6) is 0 Å². The van der Waals surface area contributed by atoms with E-state index >= 15 is 0 Å². The molecule has 8 nitrogen and oxygen atoms in total. The topological polar surface area (TPSA) is 108 Å². The fraction of sp³-hybridized carbons (Fsp3) is 0.654. The molecule has 8 heteroatoms. The van der Waals surface area contributed by atoms with E-state index in [-0.39, 0.29) is 24.3 Å². The van der Waals surface area contributed by atoms with Crippen molar-refractivity contribution in [1.82, 2.24) is 15.5 Å². The van der Waals surface area contributed by atoms with Crippen molar-refractivity contribution in [3.05, 3.63) is 35.9 Å². The summed E-state index contributed by atoms with van der Waals surface area (Å²) in [6, 6.07) is 8.85. The molecule has 2 unspecified atom stereocenters. The highest BCUT2D eigenvalue weighted by molar-refractivity contribution is 5.99. The molecule has 3 amide bonds. The van der Waals surface area contributed by atoms with Gasteiger partial charge >= 0.3 is 0 Å². The zero-order valence-corrected chi connectivity index (χ0v) is 20.6. The summed E-state index contributed by atoms with van der Waals surface area (Å²) in [4.78, 5) is 42.4. The van der Waals surface area contributed by atoms with Crippen LogP contribution < -0.4 is 10.6 Å². The quantitative estimate of drug-likeness (QED) is 0.501. The number of likely N-dealkylation sites (tertiary alicyclic amines) is 1. The summed E-state index contributed by atoms with van der Waals surface area (Å²) in [7, 11) is 0. The van der Waals surface area contributed by atoms with Gasteiger partial charge in [0.1, 0.15) is 11.6 Å². The summed E-state index contributed by atoms with van der Waals surface area (Å²) in [5.74, 6) is -2.02. The second-order valence-corrected chi connectivity index (χ2v) is 11.1. The Morgan fingerprint density at radius 3 is 2.50 bits per heavy atom. The third-order valence-corrected chi connectivity index (χ3v) is 7.42. The molecule has 3 heterocycles. The van der Waals surface area contributed by atoms with Crippen LogP contribution in [0.15, 0.2) is 30.3 Å². The van der Waals surface area contributed by atoms with E-state index in [0.29, 0.717) is 38.8 Å². The minimum absolute atomic E-state index is 0.0224. The molecule has 0 aliphatic carbocycles. The highest BCUT2D eigenvalue weighted by Gasteiger charge is 2.77. The Hall–Kier alpha value is -2.45. The van der Waals surface area contributed by atoms with Gasteiger partial charge in [-0.1, -0.05) is 30.3 Å². The zero-order chi connectivity index (χ0) is 24.7. The van der Waals surface area contributed by atoms with Crippen molar-refractivity contribution in [3.8, 4) is 0 Å². The minimum Gasteiger partial charge on any atom is -0.396 e. The van der Waals surface area contributed by atoms with Crippen LogP contribution in [0.3, 0.4) is 0 Å². The average molecular weight is 472 g/mol. The molecule has 3 N–H and O–H groups in total. The monoisotopic (exact) mass is 471 g/mol. The van der Waals surface area contributed by atoms with E-state index in [1.165, 1.54) is 0 Å². The molecule has 4 rings (SSSR count). The summed E-state index contributed by atoms with van der Waals surface area (Å²) >= 11 is 0. The molecule has 34 heavy (non-hydrogen) atoms. The Morgan fingerprint density at radius 2 is 1.85 bits per heavy atom. The summed E-state index contributed by atoms with van der Waals surface area (Å²) < 4.78 is 6.58. The predicted octanol–water partition coefficient (Wildman–Crippen LogP) is 1.75. The van der Waals surface area contributed by atoms with Gasteiger partial charge in [-0.25, -0.2) is 0 Å². The van der Waals surface area contributed by atoms with Gasteiger partial charge < -0.3 is 25.4 Å². The van der Waals surface area contributed by atoms with Crippen molar-refractivity contribution in [3.63, 3.8) is 0 Å². The smallest absolute Gasteiger partial charge is 0.246 e. The maximum absolute atomic E-state index is 13.8. The van der Waals surface area contributed by atoms with Gasteiger partial charge in [0.05, 0.1) is 17.4 Å². The molecule has 3 saturated heterocycles. The maximum atomic E-state index is 13.8. The van der Waals surface area contributed by atoms with Crippen molar-refractivity contribution in [1.29, 1.82) is 0 Å². The summed E-state index contributed by atoms with van der Waals surface area (Å²) in [6.07, 6.45) is 2.28. The first kappa shape index (κ1) is 24.7. The predicted molar refractivity (Wildman–Crippen MR) is 126 cm³/mol. The van der Waals surface area contributed by atoms with E-state index < -0.39 is 34.6 Å². The molecule has 1 aromatic carbocycles. The molecule has 0 aromatic heterocycles. The van der Waals surface area contributed by atoms with Gasteiger partial charge in [0, 0.05) is 25.2 Å². The molecule has 3 aliphatic rings. The number of hydrogen-bond acceptors (Lipinski definition) is 5. The SMILES string of the molecule is CC(C)(C)NC(=O)C1N(CCCCO)C(=O)[C@@H]2[C@@H](C(=O)NCc3ccccc3)[C@@]3(C)CCC12O3. The van der Waals surface area contributed by atoms with Gasteiger partial charge in [0.25, 0.3) is 0 Å². The van der Waals surface area contributed by atoms with E-state index in [1.54, 1.807) is 4.90 Å². The fourth-order valence-electron chi connectivity index (χ4n) is 6.09. The van der Waals surface area contributed by atoms with Crippen molar-refractivity contribution >= 4 is 17.7 Å². The lowest BCUT2D eigenvalue weighted by Gasteiger charge is -2.35. The lowest BCUT2D eigenvalue weighted by atomic mass is 9.66. The molecule has 186 valence electrons. The van der Waals surface area contributed by atoms with Crippen LogP contribution >= 0.6 is 0 Å². The standard InChI is InChI=1S/C26H37N3O5/c1-24(2,3)28-22(32)20-26-13-12-25(4,34-26)18(19(26)23(33)29(20)14-8-9-15-30)21(31)27-16-17-10-6-5-7-11-17/h5-7,10-11,18-20,30H,8-9,12-16H2,1-4H3,(H,27,31)(H,28,32)/t18-,19-,20?,25+,26?/m0/s1. The normalized spacial score (nSPS) is 32.1. The number of benzene rings is 1. The Balaban J connectivity index is 1.63. The number of carbonyl (C=O) groups is 3. The number of nitrogens with zero attached hydrogens (tertiary/aromatic N) is 1. The molecule has 1 aromatic rings. The van der Waals surface area contributed by atoms with E-state index in [0.717, 1.165) is 5.56 Å². The minimum atomic E-state index is -1.02. The van der Waals surface area contributed by atoms with Gasteiger partial charge in [-0.3, -0.25) is 14.4 Å². The van der Waals surface area contributed by atoms with Gasteiger partial charge in [-0.2, -0.15) is 0 Å². The molecule has 0 saturated carbocycles. The van der Waals surface area contributed by atoms with Crippen LogP contribution in [0.4, 0.5) is 0 Å². The van der Waals surface area contributed by atoms with Crippen molar-refractivity contribution in [2.75, 3.05) is 13.2 Å². The number of fused-ring (bicyclic) bond motifs is 1. The van der Waals surface area contributed by atoms with Crippen LogP contribution in [0, 0.1) is 11.8 Å². The lowest BCUT2D eigenvalue weighted by molar-refractivity contribution is -0.146. The number of hydrogen-bond donors (Lipinski definition) is 3. The Morgan fingerprint density at radius 1 is 1.15 bits per heavy atom. The Kier molecular flexibility index (Phi) is 6.50. The third-order valence-electron chi connectivity index (χ3n) is 7.42. The Labute approximate surface area is 201 Å². The van der Waals surface area contributed by atoms with Gasteiger partial charge in [-0.15, -0.1) is 0 Å². The van der Waals surface area contributed by atoms with E-state index in [1.807, 2.05) is 58.0 Å². The highest BCUT2D eigenvalue weighted by Crippen LogP contribution is 2.63. The van der Waals surface area contributed by atoms with Crippen LogP contribution in [-0.2, 0) is 25.7 Å². The van der Waals surface area contributed by atoms with Gasteiger partial charge in [-0.05, 0) is 58.9 Å². The number of aliphatic hydroxyl groups excluding tert-OH is 1. The number of ether oxygens (including phenoxy) is 1. The summed E-state index contributed by atoms with van der Waals surface area (Å²) in [5.41, 5.74) is -1.31. The lowest BCUT2D eigenvalue weighted by Crippen LogP contribution is -2.58. The summed E-state index contributed by atoms with van der Waals surface area (Å²) in [5, 5.41) is 15.3. The second kappa shape index (κ2) is 8.96. The first-order valence-corrected chi connectivity index (χ1v) is 12.3. The second-order valence-electron chi connectivity index (χ2n) is 11.1. The van der Waals surface area contributed by atoms with Gasteiger partial charge in [0.15, 0.2) is 0 Å². The molecule has 0 radical (unpaired) electrons.